The lowest BCUT2D eigenvalue weighted by Crippen LogP contribution is -2.42. The van der Waals surface area contributed by atoms with Crippen molar-refractivity contribution in [3.05, 3.63) is 29.8 Å². The number of nitrogens with two attached hydrogens (primary N) is 1. The van der Waals surface area contributed by atoms with Crippen LogP contribution in [0.2, 0.25) is 0 Å². The first-order valence-electron chi connectivity index (χ1n) is 6.81. The van der Waals surface area contributed by atoms with Gasteiger partial charge in [-0.1, -0.05) is 18.2 Å². The number of benzene rings is 1. The molecule has 1 aromatic carbocycles. The summed E-state index contributed by atoms with van der Waals surface area (Å²) >= 11 is 0. The molecule has 0 aliphatic heterocycles. The summed E-state index contributed by atoms with van der Waals surface area (Å²) in [7, 11) is 0. The fourth-order valence-corrected chi connectivity index (χ4v) is 1.68. The molecule has 1 aromatic rings. The zero-order valence-corrected chi connectivity index (χ0v) is 12.7. The predicted molar refractivity (Wildman–Crippen MR) is 81.4 cm³/mol. The number of carbonyl (C=O) groups is 1. The van der Waals surface area contributed by atoms with E-state index in [9.17, 15) is 4.79 Å². The van der Waals surface area contributed by atoms with Crippen molar-refractivity contribution in [1.82, 2.24) is 10.6 Å². The van der Waals surface area contributed by atoms with E-state index >= 15 is 0 Å². The van der Waals surface area contributed by atoms with Crippen molar-refractivity contribution < 1.29 is 9.53 Å². The lowest BCUT2D eigenvalue weighted by Gasteiger charge is -2.22. The first-order chi connectivity index (χ1) is 9.28. The summed E-state index contributed by atoms with van der Waals surface area (Å²) in [4.78, 5) is 11.6. The van der Waals surface area contributed by atoms with Gasteiger partial charge in [0.05, 0.1) is 0 Å². The average Bonchev–Trinajstić information content (AvgIpc) is 2.28. The van der Waals surface area contributed by atoms with Gasteiger partial charge in [-0.05, 0) is 39.3 Å². The van der Waals surface area contributed by atoms with Crippen LogP contribution in [0.5, 0.6) is 0 Å². The fourth-order valence-electron chi connectivity index (χ4n) is 1.68. The molecule has 0 radical (unpaired) electrons. The molecule has 0 heterocycles. The summed E-state index contributed by atoms with van der Waals surface area (Å²) < 4.78 is 5.19. The van der Waals surface area contributed by atoms with Crippen LogP contribution in [-0.2, 0) is 11.3 Å². The van der Waals surface area contributed by atoms with E-state index in [0.717, 1.165) is 11.3 Å². The third-order valence-corrected chi connectivity index (χ3v) is 2.58. The number of amides is 1. The molecule has 0 aromatic heterocycles. The maximum absolute atomic E-state index is 11.6. The van der Waals surface area contributed by atoms with Gasteiger partial charge in [0.25, 0.3) is 0 Å². The molecule has 0 aliphatic carbocycles. The maximum atomic E-state index is 11.6. The minimum Gasteiger partial charge on any atom is -0.444 e. The van der Waals surface area contributed by atoms with Gasteiger partial charge in [0.1, 0.15) is 5.60 Å². The van der Waals surface area contributed by atoms with Crippen molar-refractivity contribution in [3.63, 3.8) is 0 Å². The predicted octanol–water partition coefficient (Wildman–Crippen LogP) is 2.27. The van der Waals surface area contributed by atoms with E-state index in [-0.39, 0.29) is 6.04 Å². The lowest BCUT2D eigenvalue weighted by molar-refractivity contribution is 0.0508. The van der Waals surface area contributed by atoms with Gasteiger partial charge in [-0.3, -0.25) is 0 Å². The number of nitrogens with one attached hydrogen (secondary N) is 2. The van der Waals surface area contributed by atoms with Crippen molar-refractivity contribution in [3.8, 4) is 0 Å². The fraction of sp³-hybridized carbons (Fsp3) is 0.533. The Hall–Kier alpha value is -1.75. The smallest absolute Gasteiger partial charge is 0.407 e. The van der Waals surface area contributed by atoms with E-state index in [1.165, 1.54) is 0 Å². The Labute approximate surface area is 120 Å². The quantitative estimate of drug-likeness (QED) is 0.723. The molecule has 112 valence electrons. The van der Waals surface area contributed by atoms with Gasteiger partial charge in [0.15, 0.2) is 0 Å². The second kappa shape index (κ2) is 7.14. The van der Waals surface area contributed by atoms with Gasteiger partial charge in [-0.25, -0.2) is 4.79 Å². The third kappa shape index (κ3) is 6.43. The first kappa shape index (κ1) is 16.3. The number of hydrogen-bond donors (Lipinski definition) is 3. The average molecular weight is 279 g/mol. The molecule has 0 saturated carbocycles. The highest BCUT2D eigenvalue weighted by atomic mass is 16.6. The highest BCUT2D eigenvalue weighted by Gasteiger charge is 2.17. The van der Waals surface area contributed by atoms with Crippen LogP contribution in [0.3, 0.4) is 0 Å². The molecule has 1 atom stereocenters. The highest BCUT2D eigenvalue weighted by Crippen LogP contribution is 2.09. The Kier molecular flexibility index (Phi) is 5.82. The van der Waals surface area contributed by atoms with E-state index in [0.29, 0.717) is 13.1 Å². The lowest BCUT2D eigenvalue weighted by atomic mass is 10.2. The second-order valence-corrected chi connectivity index (χ2v) is 5.88. The summed E-state index contributed by atoms with van der Waals surface area (Å²) in [6.07, 6.45) is -0.397. The van der Waals surface area contributed by atoms with Crippen LogP contribution in [0.1, 0.15) is 33.3 Å². The van der Waals surface area contributed by atoms with Crippen LogP contribution < -0.4 is 16.4 Å². The van der Waals surface area contributed by atoms with E-state index in [4.69, 9.17) is 10.5 Å². The summed E-state index contributed by atoms with van der Waals surface area (Å²) in [5, 5.41) is 6.04. The van der Waals surface area contributed by atoms with E-state index in [1.807, 2.05) is 52.0 Å². The summed E-state index contributed by atoms with van der Waals surface area (Å²) in [5.74, 6) is 0. The number of carbonyl (C=O) groups excluding carboxylic acids is 1. The van der Waals surface area contributed by atoms with Gasteiger partial charge in [-0.15, -0.1) is 0 Å². The Morgan fingerprint density at radius 3 is 2.60 bits per heavy atom. The summed E-state index contributed by atoms with van der Waals surface area (Å²) in [6, 6.07) is 7.70. The Morgan fingerprint density at radius 1 is 1.35 bits per heavy atom. The third-order valence-electron chi connectivity index (χ3n) is 2.58. The SMILES string of the molecule is CC(CNCc1ccccc1N)NC(=O)OC(C)(C)C. The number of nitrogen functional groups attached to an aromatic ring is 1. The molecule has 20 heavy (non-hydrogen) atoms. The van der Waals surface area contributed by atoms with Crippen molar-refractivity contribution in [2.45, 2.75) is 45.9 Å². The first-order valence-corrected chi connectivity index (χ1v) is 6.81. The zero-order chi connectivity index (χ0) is 15.2. The molecule has 0 bridgehead atoms. The molecule has 0 fully saturated rings. The van der Waals surface area contributed by atoms with Gasteiger partial charge < -0.3 is 21.1 Å². The van der Waals surface area contributed by atoms with Crippen LogP contribution in [0.15, 0.2) is 24.3 Å². The topological polar surface area (TPSA) is 76.4 Å². The summed E-state index contributed by atoms with van der Waals surface area (Å²) in [5.41, 5.74) is 7.21. The normalized spacial score (nSPS) is 12.8. The van der Waals surface area contributed by atoms with E-state index in [2.05, 4.69) is 10.6 Å². The zero-order valence-electron chi connectivity index (χ0n) is 12.7. The number of alkyl carbamates (subject to hydrolysis) is 1. The Morgan fingerprint density at radius 2 is 2.00 bits per heavy atom. The summed E-state index contributed by atoms with van der Waals surface area (Å²) in [6.45, 7) is 8.76. The van der Waals surface area contributed by atoms with Crippen LogP contribution in [0.25, 0.3) is 0 Å². The van der Waals surface area contributed by atoms with Gasteiger partial charge in [0, 0.05) is 24.8 Å². The monoisotopic (exact) mass is 279 g/mol. The largest absolute Gasteiger partial charge is 0.444 e. The molecule has 5 nitrogen and oxygen atoms in total. The van der Waals surface area contributed by atoms with Crippen LogP contribution >= 0.6 is 0 Å². The molecular formula is C15H25N3O2. The maximum Gasteiger partial charge on any atom is 0.407 e. The van der Waals surface area contributed by atoms with Crippen LogP contribution in [0, 0.1) is 0 Å². The van der Waals surface area contributed by atoms with Crippen molar-refractivity contribution in [2.24, 2.45) is 0 Å². The van der Waals surface area contributed by atoms with Crippen molar-refractivity contribution in [1.29, 1.82) is 0 Å². The van der Waals surface area contributed by atoms with Crippen LogP contribution in [-0.4, -0.2) is 24.3 Å². The number of ether oxygens (including phenoxy) is 1. The molecule has 1 rings (SSSR count). The Bertz CT molecular complexity index is 441. The Balaban J connectivity index is 2.28. The second-order valence-electron chi connectivity index (χ2n) is 5.88. The minimum atomic E-state index is -0.476. The van der Waals surface area contributed by atoms with E-state index in [1.54, 1.807) is 0 Å². The van der Waals surface area contributed by atoms with Gasteiger partial charge in [-0.2, -0.15) is 0 Å². The highest BCUT2D eigenvalue weighted by molar-refractivity contribution is 5.68. The molecule has 1 unspecified atom stereocenters. The number of rotatable bonds is 5. The van der Waals surface area contributed by atoms with Gasteiger partial charge in [0.2, 0.25) is 0 Å². The van der Waals surface area contributed by atoms with Crippen molar-refractivity contribution in [2.75, 3.05) is 12.3 Å². The molecule has 0 aliphatic rings. The molecular weight excluding hydrogens is 254 g/mol. The molecule has 1 amide bonds. The number of anilines is 1. The minimum absolute atomic E-state index is 0.0187. The molecule has 0 spiro atoms. The molecule has 4 N–H and O–H groups in total. The number of para-hydroxylation sites is 1. The molecule has 5 heteroatoms. The number of hydrogen-bond acceptors (Lipinski definition) is 4. The molecule has 0 saturated heterocycles. The van der Waals surface area contributed by atoms with Crippen LogP contribution in [0.4, 0.5) is 10.5 Å². The van der Waals surface area contributed by atoms with E-state index < -0.39 is 11.7 Å². The van der Waals surface area contributed by atoms with Gasteiger partial charge >= 0.3 is 6.09 Å². The standard InChI is InChI=1S/C15H25N3O2/c1-11(18-14(19)20-15(2,3)4)9-17-10-12-7-5-6-8-13(12)16/h5-8,11,17H,9-10,16H2,1-4H3,(H,18,19). The van der Waals surface area contributed by atoms with Crippen molar-refractivity contribution >= 4 is 11.8 Å².